The third-order valence-electron chi connectivity index (χ3n) is 5.20. The summed E-state index contributed by atoms with van der Waals surface area (Å²) in [6, 6.07) is 3.30. The molecule has 3 aliphatic rings. The Morgan fingerprint density at radius 2 is 2.08 bits per heavy atom. The van der Waals surface area contributed by atoms with E-state index in [4.69, 9.17) is 9.47 Å². The lowest BCUT2D eigenvalue weighted by atomic mass is 9.64. The summed E-state index contributed by atoms with van der Waals surface area (Å²) in [5.74, 6) is 0.238. The smallest absolute Gasteiger partial charge is 0.210 e. The van der Waals surface area contributed by atoms with Gasteiger partial charge in [0.1, 0.15) is 11.5 Å². The highest BCUT2D eigenvalue weighted by molar-refractivity contribution is 6.04. The Bertz CT molecular complexity index is 804. The van der Waals surface area contributed by atoms with Crippen LogP contribution in [-0.2, 0) is 14.9 Å². The van der Waals surface area contributed by atoms with E-state index in [1.54, 1.807) is 18.2 Å². The fourth-order valence-electron chi connectivity index (χ4n) is 4.20. The van der Waals surface area contributed by atoms with Gasteiger partial charge in [-0.3, -0.25) is 4.79 Å². The van der Waals surface area contributed by atoms with Gasteiger partial charge in [0.2, 0.25) is 6.29 Å². The maximum atomic E-state index is 12.7. The number of rotatable bonds is 3. The summed E-state index contributed by atoms with van der Waals surface area (Å²) in [4.78, 5) is 12.7. The zero-order valence-corrected chi connectivity index (χ0v) is 13.9. The number of phenolic OH excluding ortho intramolecular Hbond substituents is 1. The highest BCUT2D eigenvalue weighted by atomic mass is 16.7. The molecule has 0 amide bonds. The molecule has 0 unspecified atom stereocenters. The average molecular weight is 328 g/mol. The number of allylic oxidation sites excluding steroid dienone is 1. The summed E-state index contributed by atoms with van der Waals surface area (Å²) >= 11 is 0. The Morgan fingerprint density at radius 3 is 2.75 bits per heavy atom. The second-order valence-corrected chi connectivity index (χ2v) is 7.05. The highest BCUT2D eigenvalue weighted by Crippen LogP contribution is 2.59. The van der Waals surface area contributed by atoms with E-state index in [0.29, 0.717) is 16.9 Å². The molecule has 4 rings (SSSR count). The lowest BCUT2D eigenvalue weighted by Gasteiger charge is -2.39. The molecule has 126 valence electrons. The van der Waals surface area contributed by atoms with Gasteiger partial charge < -0.3 is 19.7 Å². The lowest BCUT2D eigenvalue weighted by Crippen LogP contribution is -2.48. The molecule has 1 heterocycles. The van der Waals surface area contributed by atoms with Crippen LogP contribution in [0.5, 0.6) is 11.5 Å². The molecule has 1 aromatic carbocycles. The largest absolute Gasteiger partial charge is 0.507 e. The SMILES string of the molecule is CC(C)O[C@H]1Oc2ccc(O)c3c2[C@@]1(C)[C@H]1C(=O)C=C(CO)C1=C3. The molecule has 5 heteroatoms. The monoisotopic (exact) mass is 328 g/mol. The molecule has 0 fully saturated rings. The van der Waals surface area contributed by atoms with E-state index in [9.17, 15) is 15.0 Å². The summed E-state index contributed by atoms with van der Waals surface area (Å²) in [5, 5.41) is 20.0. The lowest BCUT2D eigenvalue weighted by molar-refractivity contribution is -0.148. The van der Waals surface area contributed by atoms with Crippen LogP contribution in [0.3, 0.4) is 0 Å². The third-order valence-corrected chi connectivity index (χ3v) is 5.20. The molecule has 0 radical (unpaired) electrons. The number of ketones is 1. The van der Waals surface area contributed by atoms with E-state index < -0.39 is 17.6 Å². The Kier molecular flexibility index (Phi) is 3.18. The van der Waals surface area contributed by atoms with Crippen LogP contribution >= 0.6 is 0 Å². The van der Waals surface area contributed by atoms with Gasteiger partial charge in [0.15, 0.2) is 5.78 Å². The van der Waals surface area contributed by atoms with Gasteiger partial charge in [0.05, 0.1) is 24.0 Å². The summed E-state index contributed by atoms with van der Waals surface area (Å²) in [5.41, 5.74) is 2.04. The molecule has 5 nitrogen and oxygen atoms in total. The average Bonchev–Trinajstić information content (AvgIpc) is 2.99. The van der Waals surface area contributed by atoms with E-state index >= 15 is 0 Å². The molecule has 0 aromatic heterocycles. The van der Waals surface area contributed by atoms with Crippen LogP contribution in [0, 0.1) is 5.92 Å². The summed E-state index contributed by atoms with van der Waals surface area (Å²) < 4.78 is 12.0. The summed E-state index contributed by atoms with van der Waals surface area (Å²) in [7, 11) is 0. The Morgan fingerprint density at radius 1 is 1.33 bits per heavy atom. The predicted molar refractivity (Wildman–Crippen MR) is 87.7 cm³/mol. The van der Waals surface area contributed by atoms with Gasteiger partial charge in [0, 0.05) is 11.1 Å². The van der Waals surface area contributed by atoms with Crippen molar-refractivity contribution < 1.29 is 24.5 Å². The standard InChI is InChI=1S/C19H20O5/c1-9(2)23-18-19(3)16-11(10(8-20)6-14(16)22)7-12-13(21)4-5-15(24-18)17(12)19/h4-7,9,16,18,20-21H,8H2,1-3H3/t16-,18+,19-/m1/s1. The fourth-order valence-corrected chi connectivity index (χ4v) is 4.20. The second kappa shape index (κ2) is 4.94. The van der Waals surface area contributed by atoms with Crippen molar-refractivity contribution in [2.24, 2.45) is 5.92 Å². The van der Waals surface area contributed by atoms with E-state index in [1.807, 2.05) is 20.8 Å². The van der Waals surface area contributed by atoms with Crippen LogP contribution in [0.4, 0.5) is 0 Å². The van der Waals surface area contributed by atoms with Crippen LogP contribution in [0.2, 0.25) is 0 Å². The maximum Gasteiger partial charge on any atom is 0.210 e. The summed E-state index contributed by atoms with van der Waals surface area (Å²) in [6.45, 7) is 5.57. The number of aliphatic hydroxyl groups excluding tert-OH is 1. The van der Waals surface area contributed by atoms with Crippen LogP contribution in [0.1, 0.15) is 31.9 Å². The van der Waals surface area contributed by atoms with Crippen molar-refractivity contribution in [1.82, 2.24) is 0 Å². The van der Waals surface area contributed by atoms with Crippen LogP contribution < -0.4 is 4.74 Å². The van der Waals surface area contributed by atoms with Gasteiger partial charge >= 0.3 is 0 Å². The number of ether oxygens (including phenoxy) is 2. The first-order valence-corrected chi connectivity index (χ1v) is 8.13. The Labute approximate surface area is 140 Å². The normalized spacial score (nSPS) is 30.0. The molecule has 1 aliphatic heterocycles. The molecule has 0 bridgehead atoms. The van der Waals surface area contributed by atoms with Crippen molar-refractivity contribution in [3.63, 3.8) is 0 Å². The topological polar surface area (TPSA) is 76.0 Å². The number of hydrogen-bond acceptors (Lipinski definition) is 5. The second-order valence-electron chi connectivity index (χ2n) is 7.05. The minimum atomic E-state index is -0.748. The molecule has 3 atom stereocenters. The molecular weight excluding hydrogens is 308 g/mol. The van der Waals surface area contributed by atoms with Crippen LogP contribution in [0.15, 0.2) is 29.4 Å². The van der Waals surface area contributed by atoms with Crippen molar-refractivity contribution in [3.8, 4) is 11.5 Å². The number of carbonyl (C=O) groups is 1. The number of aliphatic hydroxyl groups is 1. The minimum Gasteiger partial charge on any atom is -0.507 e. The Balaban J connectivity index is 1.97. The van der Waals surface area contributed by atoms with Gasteiger partial charge in [-0.2, -0.15) is 0 Å². The molecule has 2 aliphatic carbocycles. The minimum absolute atomic E-state index is 0.0596. The van der Waals surface area contributed by atoms with Gasteiger partial charge in [-0.25, -0.2) is 0 Å². The first-order chi connectivity index (χ1) is 11.4. The Hall–Kier alpha value is -2.11. The first-order valence-electron chi connectivity index (χ1n) is 8.13. The van der Waals surface area contributed by atoms with E-state index in [1.165, 1.54) is 6.08 Å². The molecule has 2 N–H and O–H groups in total. The zero-order chi connectivity index (χ0) is 17.2. The number of phenols is 1. The quantitative estimate of drug-likeness (QED) is 0.890. The maximum absolute atomic E-state index is 12.7. The number of fused-ring (bicyclic) bond motifs is 2. The van der Waals surface area contributed by atoms with Gasteiger partial charge in [-0.05, 0) is 56.2 Å². The number of aromatic hydroxyl groups is 1. The van der Waals surface area contributed by atoms with Crippen molar-refractivity contribution in [3.05, 3.63) is 40.5 Å². The molecule has 0 saturated carbocycles. The van der Waals surface area contributed by atoms with E-state index in [0.717, 1.165) is 11.1 Å². The molecule has 0 saturated heterocycles. The fraction of sp³-hybridized carbons (Fsp3) is 0.421. The summed E-state index contributed by atoms with van der Waals surface area (Å²) in [6.07, 6.45) is 2.59. The first kappa shape index (κ1) is 15.4. The third kappa shape index (κ3) is 1.79. The van der Waals surface area contributed by atoms with Gasteiger partial charge in [0.25, 0.3) is 0 Å². The van der Waals surface area contributed by atoms with Crippen LogP contribution in [0.25, 0.3) is 6.08 Å². The van der Waals surface area contributed by atoms with E-state index in [-0.39, 0.29) is 24.2 Å². The van der Waals surface area contributed by atoms with Crippen LogP contribution in [-0.4, -0.2) is 35.0 Å². The number of carbonyl (C=O) groups excluding carboxylic acids is 1. The van der Waals surface area contributed by atoms with Crippen molar-refractivity contribution in [1.29, 1.82) is 0 Å². The highest BCUT2D eigenvalue weighted by Gasteiger charge is 2.59. The van der Waals surface area contributed by atoms with Crippen molar-refractivity contribution >= 4 is 11.9 Å². The van der Waals surface area contributed by atoms with Crippen molar-refractivity contribution in [2.45, 2.75) is 38.6 Å². The molecule has 1 aromatic rings. The predicted octanol–water partition coefficient (Wildman–Crippen LogP) is 2.31. The number of hydrogen-bond donors (Lipinski definition) is 2. The van der Waals surface area contributed by atoms with Gasteiger partial charge in [-0.1, -0.05) is 0 Å². The van der Waals surface area contributed by atoms with Crippen molar-refractivity contribution in [2.75, 3.05) is 6.61 Å². The number of benzene rings is 1. The molecule has 0 spiro atoms. The molecule has 24 heavy (non-hydrogen) atoms. The zero-order valence-electron chi connectivity index (χ0n) is 13.9. The van der Waals surface area contributed by atoms with E-state index in [2.05, 4.69) is 0 Å². The molecular formula is C19H20O5. The van der Waals surface area contributed by atoms with Gasteiger partial charge in [-0.15, -0.1) is 0 Å².